The summed E-state index contributed by atoms with van der Waals surface area (Å²) in [6.45, 7) is 0.580. The third-order valence-corrected chi connectivity index (χ3v) is 3.26. The van der Waals surface area contributed by atoms with E-state index < -0.39 is 0 Å². The molecule has 1 amide bonds. The van der Waals surface area contributed by atoms with Gasteiger partial charge in [0.2, 0.25) is 0 Å². The Balaban J connectivity index is 2.08. The monoisotopic (exact) mass is 283 g/mol. The molecule has 0 aromatic heterocycles. The van der Waals surface area contributed by atoms with Crippen molar-refractivity contribution in [2.75, 3.05) is 30.9 Å². The van der Waals surface area contributed by atoms with E-state index in [1.165, 1.54) is 0 Å². The predicted octanol–water partition coefficient (Wildman–Crippen LogP) is 2.51. The molecule has 2 aromatic rings. The van der Waals surface area contributed by atoms with Crippen LogP contribution in [0.4, 0.5) is 11.4 Å². The number of anilines is 2. The van der Waals surface area contributed by atoms with Crippen molar-refractivity contribution < 1.29 is 4.79 Å². The zero-order valence-corrected chi connectivity index (χ0v) is 12.5. The van der Waals surface area contributed by atoms with E-state index in [0.717, 1.165) is 23.4 Å². The topological polar surface area (TPSA) is 58.4 Å². The summed E-state index contributed by atoms with van der Waals surface area (Å²) in [6.07, 6.45) is 0.776. The van der Waals surface area contributed by atoms with Crippen LogP contribution in [0.5, 0.6) is 0 Å². The molecule has 0 saturated heterocycles. The maximum Gasteiger partial charge on any atom is 0.255 e. The number of carbonyl (C=O) groups excluding carboxylic acids is 1. The molecule has 3 N–H and O–H groups in total. The molecular formula is C17H21N3O. The minimum Gasteiger partial charge on any atom is -0.378 e. The van der Waals surface area contributed by atoms with Gasteiger partial charge >= 0.3 is 0 Å². The van der Waals surface area contributed by atoms with Crippen LogP contribution in [0, 0.1) is 0 Å². The van der Waals surface area contributed by atoms with Crippen LogP contribution in [-0.2, 0) is 6.42 Å². The summed E-state index contributed by atoms with van der Waals surface area (Å²) in [4.78, 5) is 14.3. The van der Waals surface area contributed by atoms with Gasteiger partial charge in [0.15, 0.2) is 0 Å². The van der Waals surface area contributed by atoms with Crippen molar-refractivity contribution in [3.63, 3.8) is 0 Å². The van der Waals surface area contributed by atoms with Gasteiger partial charge < -0.3 is 16.0 Å². The largest absolute Gasteiger partial charge is 0.378 e. The van der Waals surface area contributed by atoms with E-state index in [1.807, 2.05) is 67.5 Å². The molecule has 21 heavy (non-hydrogen) atoms. The first kappa shape index (κ1) is 15.1. The molecule has 0 unspecified atom stereocenters. The van der Waals surface area contributed by atoms with Crippen LogP contribution in [0.1, 0.15) is 15.9 Å². The average Bonchev–Trinajstić information content (AvgIpc) is 2.48. The molecule has 2 aromatic carbocycles. The summed E-state index contributed by atoms with van der Waals surface area (Å²) >= 11 is 0. The Morgan fingerprint density at radius 2 is 1.86 bits per heavy atom. The van der Waals surface area contributed by atoms with Gasteiger partial charge in [-0.2, -0.15) is 0 Å². The molecule has 0 fully saturated rings. The molecular weight excluding hydrogens is 262 g/mol. The average molecular weight is 283 g/mol. The number of hydrogen-bond donors (Lipinski definition) is 2. The number of hydrogen-bond acceptors (Lipinski definition) is 3. The van der Waals surface area contributed by atoms with E-state index in [1.54, 1.807) is 0 Å². The quantitative estimate of drug-likeness (QED) is 0.886. The Hall–Kier alpha value is -2.33. The number of carbonyl (C=O) groups is 1. The first-order valence-electron chi connectivity index (χ1n) is 6.98. The van der Waals surface area contributed by atoms with Gasteiger partial charge in [-0.3, -0.25) is 4.79 Å². The summed E-state index contributed by atoms with van der Waals surface area (Å²) in [5.41, 5.74) is 9.15. The number of amides is 1. The lowest BCUT2D eigenvalue weighted by Gasteiger charge is -2.13. The first-order chi connectivity index (χ1) is 10.1. The number of rotatable bonds is 5. The third kappa shape index (κ3) is 4.07. The highest BCUT2D eigenvalue weighted by Crippen LogP contribution is 2.16. The summed E-state index contributed by atoms with van der Waals surface area (Å²) < 4.78 is 0. The minimum absolute atomic E-state index is 0.105. The molecule has 4 heteroatoms. The lowest BCUT2D eigenvalue weighted by Crippen LogP contribution is -2.13. The Labute approximate surface area is 125 Å². The molecule has 110 valence electrons. The smallest absolute Gasteiger partial charge is 0.255 e. The molecule has 0 aliphatic heterocycles. The SMILES string of the molecule is CN(C)c1ccc(NC(=O)c2cccc(CCN)c2)cc1. The van der Waals surface area contributed by atoms with Gasteiger partial charge in [0.1, 0.15) is 0 Å². The van der Waals surface area contributed by atoms with Gasteiger partial charge in [-0.1, -0.05) is 12.1 Å². The zero-order chi connectivity index (χ0) is 15.2. The van der Waals surface area contributed by atoms with Crippen LogP contribution in [0.3, 0.4) is 0 Å². The summed E-state index contributed by atoms with van der Waals surface area (Å²) in [7, 11) is 3.97. The number of nitrogens with one attached hydrogen (secondary N) is 1. The molecule has 0 bridgehead atoms. The normalized spacial score (nSPS) is 10.2. The molecule has 0 atom stereocenters. The highest BCUT2D eigenvalue weighted by molar-refractivity contribution is 6.04. The second-order valence-electron chi connectivity index (χ2n) is 5.13. The fourth-order valence-electron chi connectivity index (χ4n) is 2.08. The zero-order valence-electron chi connectivity index (χ0n) is 12.5. The number of benzene rings is 2. The van der Waals surface area contributed by atoms with Crippen LogP contribution in [0.15, 0.2) is 48.5 Å². The molecule has 0 radical (unpaired) electrons. The Morgan fingerprint density at radius 3 is 2.48 bits per heavy atom. The van der Waals surface area contributed by atoms with E-state index >= 15 is 0 Å². The third-order valence-electron chi connectivity index (χ3n) is 3.26. The van der Waals surface area contributed by atoms with Gasteiger partial charge in [-0.05, 0) is 54.9 Å². The Morgan fingerprint density at radius 1 is 1.14 bits per heavy atom. The van der Waals surface area contributed by atoms with Crippen LogP contribution in [-0.4, -0.2) is 26.5 Å². The van der Waals surface area contributed by atoms with Gasteiger partial charge in [-0.15, -0.1) is 0 Å². The summed E-state index contributed by atoms with van der Waals surface area (Å²) in [5.74, 6) is -0.105. The van der Waals surface area contributed by atoms with Crippen molar-refractivity contribution in [3.05, 3.63) is 59.7 Å². The maximum absolute atomic E-state index is 12.2. The fourth-order valence-corrected chi connectivity index (χ4v) is 2.08. The second kappa shape index (κ2) is 6.90. The Bertz CT molecular complexity index is 606. The van der Waals surface area contributed by atoms with Crippen LogP contribution in [0.25, 0.3) is 0 Å². The summed E-state index contributed by atoms with van der Waals surface area (Å²) in [6, 6.07) is 15.3. The minimum atomic E-state index is -0.105. The van der Waals surface area contributed by atoms with Gasteiger partial charge in [0, 0.05) is 31.0 Å². The van der Waals surface area contributed by atoms with Gasteiger partial charge in [-0.25, -0.2) is 0 Å². The highest BCUT2D eigenvalue weighted by atomic mass is 16.1. The Kier molecular flexibility index (Phi) is 4.95. The van der Waals surface area contributed by atoms with E-state index in [2.05, 4.69) is 5.32 Å². The maximum atomic E-state index is 12.2. The highest BCUT2D eigenvalue weighted by Gasteiger charge is 2.07. The molecule has 4 nitrogen and oxygen atoms in total. The lowest BCUT2D eigenvalue weighted by molar-refractivity contribution is 0.102. The van der Waals surface area contributed by atoms with Crippen molar-refractivity contribution in [3.8, 4) is 0 Å². The first-order valence-corrected chi connectivity index (χ1v) is 6.98. The number of nitrogens with two attached hydrogens (primary N) is 1. The fraction of sp³-hybridized carbons (Fsp3) is 0.235. The standard InChI is InChI=1S/C17H21N3O/c1-20(2)16-8-6-15(7-9-16)19-17(21)14-5-3-4-13(12-14)10-11-18/h3-9,12H,10-11,18H2,1-2H3,(H,19,21). The summed E-state index contributed by atoms with van der Waals surface area (Å²) in [5, 5.41) is 2.90. The van der Waals surface area contributed by atoms with Crippen LogP contribution in [0.2, 0.25) is 0 Å². The van der Waals surface area contributed by atoms with E-state index in [9.17, 15) is 4.79 Å². The number of nitrogens with zero attached hydrogens (tertiary/aromatic N) is 1. The van der Waals surface area contributed by atoms with Crippen molar-refractivity contribution in [2.24, 2.45) is 5.73 Å². The van der Waals surface area contributed by atoms with Gasteiger partial charge in [0.25, 0.3) is 5.91 Å². The van der Waals surface area contributed by atoms with E-state index in [4.69, 9.17) is 5.73 Å². The molecule has 0 heterocycles. The van der Waals surface area contributed by atoms with Gasteiger partial charge in [0.05, 0.1) is 0 Å². The van der Waals surface area contributed by atoms with Crippen LogP contribution >= 0.6 is 0 Å². The molecule has 0 saturated carbocycles. The van der Waals surface area contributed by atoms with Crippen molar-refractivity contribution in [1.82, 2.24) is 0 Å². The van der Waals surface area contributed by atoms with E-state index in [-0.39, 0.29) is 5.91 Å². The molecule has 2 rings (SSSR count). The lowest BCUT2D eigenvalue weighted by atomic mass is 10.1. The van der Waals surface area contributed by atoms with E-state index in [0.29, 0.717) is 12.1 Å². The molecule has 0 aliphatic rings. The van der Waals surface area contributed by atoms with Crippen LogP contribution < -0.4 is 16.0 Å². The predicted molar refractivity (Wildman–Crippen MR) is 87.9 cm³/mol. The molecule has 0 aliphatic carbocycles. The van der Waals surface area contributed by atoms with Crippen molar-refractivity contribution >= 4 is 17.3 Å². The second-order valence-corrected chi connectivity index (χ2v) is 5.13. The molecule has 0 spiro atoms. The van der Waals surface area contributed by atoms with Crippen molar-refractivity contribution in [2.45, 2.75) is 6.42 Å². The van der Waals surface area contributed by atoms with Crippen molar-refractivity contribution in [1.29, 1.82) is 0 Å².